The van der Waals surface area contributed by atoms with Crippen molar-refractivity contribution in [2.75, 3.05) is 8.67 Å². The van der Waals surface area contributed by atoms with Crippen LogP contribution in [0, 0.1) is 0 Å². The van der Waals surface area contributed by atoms with E-state index in [1.165, 1.54) is 25.6 Å². The molecule has 6 heteroatoms. The fraction of sp³-hybridized carbons (Fsp3) is 0.200. The molecule has 1 aromatic heterocycles. The first-order chi connectivity index (χ1) is 5.65. The van der Waals surface area contributed by atoms with E-state index >= 15 is 0 Å². The maximum atomic E-state index is 7.47. The van der Waals surface area contributed by atoms with Crippen LogP contribution in [0.2, 0.25) is 5.28 Å². The minimum absolute atomic E-state index is 0.178. The van der Waals surface area contributed by atoms with Crippen molar-refractivity contribution in [3.8, 4) is 0 Å². The maximum absolute atomic E-state index is 7.47. The van der Waals surface area contributed by atoms with E-state index in [-0.39, 0.29) is 5.28 Å². The van der Waals surface area contributed by atoms with Gasteiger partial charge < -0.3 is 0 Å². The summed E-state index contributed by atoms with van der Waals surface area (Å²) < 4.78 is 9.32. The number of aromatic nitrogens is 2. The standard InChI is InChI=1S/C5H4ClN3.Re.Rh/c1-7-4-2-3-8-5(6)9-4;;/h2-3H,1H2;;/q-1;+1;/i2D;;. The fourth-order valence-corrected chi connectivity index (χ4v) is 1.15. The van der Waals surface area contributed by atoms with Crippen LogP contribution >= 0.6 is 11.6 Å². The molecule has 11 heavy (non-hydrogen) atoms. The van der Waals surface area contributed by atoms with Gasteiger partial charge in [-0.05, 0) is 0 Å². The Bertz CT molecular complexity index is 287. The molecule has 0 saturated heterocycles. The van der Waals surface area contributed by atoms with Crippen LogP contribution in [-0.2, 0) is 37.7 Å². The van der Waals surface area contributed by atoms with Gasteiger partial charge >= 0.3 is 92.7 Å². The first-order valence-electron chi connectivity index (χ1n) is 3.10. The van der Waals surface area contributed by atoms with Gasteiger partial charge in [-0.15, -0.1) is 0 Å². The topological polar surface area (TPSA) is 29.0 Å². The Balaban J connectivity index is 3.04. The van der Waals surface area contributed by atoms with Crippen molar-refractivity contribution in [1.82, 2.24) is 9.97 Å². The van der Waals surface area contributed by atoms with Crippen LogP contribution in [0.3, 0.4) is 0 Å². The van der Waals surface area contributed by atoms with Crippen molar-refractivity contribution in [3.63, 3.8) is 0 Å². The Hall–Kier alpha value is 0.456. The molecule has 1 aromatic rings. The summed E-state index contributed by atoms with van der Waals surface area (Å²) in [6.45, 7) is 0. The molecule has 3 nitrogen and oxygen atoms in total. The van der Waals surface area contributed by atoms with Crippen LogP contribution < -0.4 is 3.53 Å². The molecule has 0 aliphatic heterocycles. The van der Waals surface area contributed by atoms with Crippen molar-refractivity contribution in [3.05, 3.63) is 17.5 Å². The molecular weight excluding hydrogens is 427 g/mol. The van der Waals surface area contributed by atoms with Crippen molar-refractivity contribution >= 4 is 17.4 Å². The number of halogens is 1. The van der Waals surface area contributed by atoms with Gasteiger partial charge in [-0.1, -0.05) is 0 Å². The van der Waals surface area contributed by atoms with Gasteiger partial charge in [0, 0.05) is 0 Å². The Kier molecular flexibility index (Phi) is 3.28. The minimum atomic E-state index is 0.178. The van der Waals surface area contributed by atoms with Gasteiger partial charge in [0.05, 0.1) is 0 Å². The summed E-state index contributed by atoms with van der Waals surface area (Å²) in [6, 6.07) is 0.291. The summed E-state index contributed by atoms with van der Waals surface area (Å²) in [4.78, 5) is 7.63. The van der Waals surface area contributed by atoms with Crippen molar-refractivity contribution in [1.29, 1.82) is 0 Å². The summed E-state index contributed by atoms with van der Waals surface area (Å²) in [6.07, 6.45) is 1.40. The van der Waals surface area contributed by atoms with E-state index in [4.69, 9.17) is 13.0 Å². The second kappa shape index (κ2) is 4.47. The molecule has 0 aliphatic carbocycles. The predicted octanol–water partition coefficient (Wildman–Crippen LogP) is 0.903. The molecule has 1 rings (SSSR count). The molecule has 0 aromatic carbocycles. The third-order valence-corrected chi connectivity index (χ3v) is 3.79. The zero-order valence-corrected chi connectivity index (χ0v) is 10.3. The van der Waals surface area contributed by atoms with Gasteiger partial charge in [-0.25, -0.2) is 0 Å². The van der Waals surface area contributed by atoms with Gasteiger partial charge in [0.15, 0.2) is 0 Å². The molecule has 0 radical (unpaired) electrons. The third kappa shape index (κ3) is 2.76. The quantitative estimate of drug-likeness (QED) is 0.515. The zero-order chi connectivity index (χ0) is 9.14. The molecule has 0 saturated carbocycles. The van der Waals surface area contributed by atoms with Crippen LogP contribution in [0.4, 0.5) is 5.82 Å². The molecule has 0 fully saturated rings. The van der Waals surface area contributed by atoms with Gasteiger partial charge in [-0.3, -0.25) is 0 Å². The van der Waals surface area contributed by atoms with Crippen molar-refractivity contribution < 1.29 is 39.1 Å². The van der Waals surface area contributed by atoms with E-state index in [0.29, 0.717) is 17.0 Å². The molecule has 0 N–H and O–H groups in total. The summed E-state index contributed by atoms with van der Waals surface area (Å²) in [7, 11) is 0. The van der Waals surface area contributed by atoms with E-state index in [9.17, 15) is 0 Å². The summed E-state index contributed by atoms with van der Waals surface area (Å²) in [5, 5.41) is 0.884. The van der Waals surface area contributed by atoms with Crippen molar-refractivity contribution in [2.24, 2.45) is 0 Å². The van der Waals surface area contributed by atoms with E-state index in [1.54, 1.807) is 0 Å². The van der Waals surface area contributed by atoms with E-state index in [1.807, 2.05) is 3.53 Å². The molecule has 0 spiro atoms. The Morgan fingerprint density at radius 3 is 3.27 bits per heavy atom. The molecule has 62 valence electrons. The Morgan fingerprint density at radius 1 is 1.91 bits per heavy atom. The predicted molar refractivity (Wildman–Crippen MR) is 34.4 cm³/mol. The SMILES string of the molecule is [2H]c1cnc(Cl)nc1[N]([Re])[CH2][Rh]. The zero-order valence-electron chi connectivity index (χ0n) is 6.22. The normalized spacial score (nSPS) is 11.1. The molecule has 0 atom stereocenters. The Labute approximate surface area is 92.3 Å². The van der Waals surface area contributed by atoms with Crippen LogP contribution in [0.5, 0.6) is 0 Å². The number of nitrogens with zero attached hydrogens (tertiary/aromatic N) is 3. The first-order valence-corrected chi connectivity index (χ1v) is 5.35. The molecule has 0 amide bonds. The summed E-state index contributed by atoms with van der Waals surface area (Å²) in [5.74, 6) is 0.564. The number of hydrogen-bond donors (Lipinski definition) is 0. The third-order valence-electron chi connectivity index (χ3n) is 0.885. The second-order valence-corrected chi connectivity index (χ2v) is 3.90. The Morgan fingerprint density at radius 2 is 2.64 bits per heavy atom. The molecule has 0 bridgehead atoms. The number of rotatable bonds is 2. The number of anilines is 1. The van der Waals surface area contributed by atoms with Crippen LogP contribution in [-0.4, -0.2) is 15.1 Å². The average Bonchev–Trinajstić information content (AvgIpc) is 2.08. The first kappa shape index (κ1) is 8.07. The van der Waals surface area contributed by atoms with Crippen LogP contribution in [0.25, 0.3) is 0 Å². The van der Waals surface area contributed by atoms with E-state index < -0.39 is 0 Å². The second-order valence-electron chi connectivity index (χ2n) is 1.57. The van der Waals surface area contributed by atoms with E-state index in [0.717, 1.165) is 0 Å². The van der Waals surface area contributed by atoms with Gasteiger partial charge in [0.2, 0.25) is 0 Å². The van der Waals surface area contributed by atoms with Crippen LogP contribution in [0.1, 0.15) is 1.37 Å². The molecule has 1 heterocycles. The van der Waals surface area contributed by atoms with Gasteiger partial charge in [0.1, 0.15) is 0 Å². The fourth-order valence-electron chi connectivity index (χ4n) is 0.466. The van der Waals surface area contributed by atoms with E-state index in [2.05, 4.69) is 28.3 Å². The van der Waals surface area contributed by atoms with Gasteiger partial charge in [0.25, 0.3) is 0 Å². The van der Waals surface area contributed by atoms with Crippen LogP contribution in [0.15, 0.2) is 12.2 Å². The monoisotopic (exact) mass is 432 g/mol. The number of hydrogen-bond acceptors (Lipinski definition) is 3. The molecule has 0 aliphatic rings. The molecular formula is C5H4ClN3ReRh. The van der Waals surface area contributed by atoms with Crippen molar-refractivity contribution in [2.45, 2.75) is 0 Å². The average molecular weight is 432 g/mol. The summed E-state index contributed by atoms with van der Waals surface area (Å²) >= 11 is 9.74. The summed E-state index contributed by atoms with van der Waals surface area (Å²) in [5.41, 5.74) is 0. The van der Waals surface area contributed by atoms with Gasteiger partial charge in [-0.2, -0.15) is 0 Å². The molecule has 0 unspecified atom stereocenters.